The first-order valence-corrected chi connectivity index (χ1v) is 18.1. The molecular weight excluding hydrogens is 660 g/mol. The van der Waals surface area contributed by atoms with Crippen molar-refractivity contribution in [1.29, 1.82) is 0 Å². The number of azo groups is 1. The monoisotopic (exact) mass is 710 g/mol. The third kappa shape index (κ3) is 12.8. The van der Waals surface area contributed by atoms with Crippen molar-refractivity contribution in [2.24, 2.45) is 10.2 Å². The van der Waals surface area contributed by atoms with Crippen LogP contribution in [0.15, 0.2) is 95.2 Å². The molecule has 0 heterocycles. The van der Waals surface area contributed by atoms with Crippen molar-refractivity contribution < 1.29 is 38.0 Å². The predicted octanol–water partition coefficient (Wildman–Crippen LogP) is 10.8. The molecule has 0 bridgehead atoms. The van der Waals surface area contributed by atoms with Gasteiger partial charge in [-0.25, -0.2) is 9.59 Å². The minimum atomic E-state index is -0.550. The van der Waals surface area contributed by atoms with Crippen LogP contribution < -0.4 is 23.7 Å². The van der Waals surface area contributed by atoms with E-state index in [1.54, 1.807) is 79.9 Å². The van der Waals surface area contributed by atoms with Gasteiger partial charge in [0.05, 0.1) is 36.6 Å². The lowest BCUT2D eigenvalue weighted by molar-refractivity contribution is 0.0720. The van der Waals surface area contributed by atoms with Gasteiger partial charge >= 0.3 is 11.9 Å². The summed E-state index contributed by atoms with van der Waals surface area (Å²) < 4.78 is 34.7. The van der Waals surface area contributed by atoms with Crippen LogP contribution in [0.3, 0.4) is 0 Å². The van der Waals surface area contributed by atoms with Crippen LogP contribution in [0.4, 0.5) is 11.4 Å². The van der Waals surface area contributed by atoms with E-state index in [4.69, 9.17) is 28.4 Å². The van der Waals surface area contributed by atoms with Crippen molar-refractivity contribution in [3.05, 3.63) is 102 Å². The van der Waals surface area contributed by atoms with Crippen LogP contribution in [0.2, 0.25) is 0 Å². The molecule has 0 aliphatic rings. The Balaban J connectivity index is 1.57. The normalized spacial score (nSPS) is 11.0. The number of unbranched alkanes of at least 4 members (excludes halogenated alkanes) is 6. The molecule has 52 heavy (non-hydrogen) atoms. The number of hydrogen-bond acceptors (Lipinski definition) is 10. The third-order valence-electron chi connectivity index (χ3n) is 8.00. The summed E-state index contributed by atoms with van der Waals surface area (Å²) in [7, 11) is 1.61. The SMILES string of the molecule is CCCCCCOc1c(N=Nc2ccc(OC(=O)c3ccc(C)cc3)cc2)ccc(OC(=O)c2ccc(OCCOC)cc2)c1OCCCCCC. The first-order chi connectivity index (χ1) is 25.4. The van der Waals surface area contributed by atoms with Gasteiger partial charge in [0, 0.05) is 7.11 Å². The molecule has 0 aliphatic carbocycles. The fraction of sp³-hybridized carbons (Fsp3) is 0.381. The zero-order chi connectivity index (χ0) is 37.0. The third-order valence-corrected chi connectivity index (χ3v) is 8.00. The quantitative estimate of drug-likeness (QED) is 0.0343. The van der Waals surface area contributed by atoms with Gasteiger partial charge in [0.1, 0.15) is 23.8 Å². The van der Waals surface area contributed by atoms with Crippen molar-refractivity contribution in [3.63, 3.8) is 0 Å². The number of methoxy groups -OCH3 is 1. The number of benzene rings is 4. The highest BCUT2D eigenvalue weighted by Gasteiger charge is 2.21. The number of esters is 2. The van der Waals surface area contributed by atoms with Gasteiger partial charge in [-0.3, -0.25) is 0 Å². The van der Waals surface area contributed by atoms with Crippen molar-refractivity contribution in [1.82, 2.24) is 0 Å². The summed E-state index contributed by atoms with van der Waals surface area (Å²) in [6, 6.07) is 24.0. The summed E-state index contributed by atoms with van der Waals surface area (Å²) in [5.74, 6) is 0.895. The molecule has 0 unspecified atom stereocenters. The number of carbonyl (C=O) groups excluding carboxylic acids is 2. The maximum Gasteiger partial charge on any atom is 0.343 e. The van der Waals surface area contributed by atoms with E-state index in [0.29, 0.717) is 71.9 Å². The van der Waals surface area contributed by atoms with Crippen LogP contribution in [0.25, 0.3) is 0 Å². The van der Waals surface area contributed by atoms with E-state index in [1.165, 1.54) is 0 Å². The van der Waals surface area contributed by atoms with Crippen LogP contribution in [0.5, 0.6) is 28.7 Å². The molecule has 0 saturated heterocycles. The largest absolute Gasteiger partial charge is 0.491 e. The molecule has 0 atom stereocenters. The van der Waals surface area contributed by atoms with E-state index in [-0.39, 0.29) is 5.75 Å². The van der Waals surface area contributed by atoms with Crippen molar-refractivity contribution in [3.8, 4) is 28.7 Å². The fourth-order valence-corrected chi connectivity index (χ4v) is 5.01. The lowest BCUT2D eigenvalue weighted by atomic mass is 10.1. The zero-order valence-corrected chi connectivity index (χ0v) is 30.7. The van der Waals surface area contributed by atoms with Gasteiger partial charge in [0.25, 0.3) is 0 Å². The molecular formula is C42H50N2O8. The van der Waals surface area contributed by atoms with E-state index in [2.05, 4.69) is 24.1 Å². The highest BCUT2D eigenvalue weighted by molar-refractivity contribution is 5.92. The molecule has 4 aromatic rings. The first kappa shape index (κ1) is 39.6. The smallest absolute Gasteiger partial charge is 0.343 e. The Morgan fingerprint density at radius 2 is 1.12 bits per heavy atom. The summed E-state index contributed by atoms with van der Waals surface area (Å²) in [6.45, 7) is 7.97. The maximum absolute atomic E-state index is 13.3. The van der Waals surface area contributed by atoms with Gasteiger partial charge < -0.3 is 28.4 Å². The zero-order valence-electron chi connectivity index (χ0n) is 30.7. The Bertz CT molecular complexity index is 1700. The molecule has 0 amide bonds. The first-order valence-electron chi connectivity index (χ1n) is 18.1. The van der Waals surface area contributed by atoms with E-state index in [9.17, 15) is 9.59 Å². The molecule has 4 rings (SSSR count). The lowest BCUT2D eigenvalue weighted by Crippen LogP contribution is -2.11. The summed E-state index contributed by atoms with van der Waals surface area (Å²) in [5, 5.41) is 8.96. The van der Waals surface area contributed by atoms with Gasteiger partial charge in [-0.15, -0.1) is 5.11 Å². The van der Waals surface area contributed by atoms with Crippen LogP contribution in [-0.4, -0.2) is 45.5 Å². The highest BCUT2D eigenvalue weighted by atomic mass is 16.6. The van der Waals surface area contributed by atoms with Gasteiger partial charge in [0.15, 0.2) is 11.5 Å². The number of carbonyl (C=O) groups is 2. The molecule has 0 fully saturated rings. The summed E-state index contributed by atoms with van der Waals surface area (Å²) >= 11 is 0. The number of aryl methyl sites for hydroxylation is 1. The van der Waals surface area contributed by atoms with Gasteiger partial charge in [0.2, 0.25) is 5.75 Å². The van der Waals surface area contributed by atoms with Crippen molar-refractivity contribution >= 4 is 23.3 Å². The molecule has 10 heteroatoms. The number of rotatable bonds is 22. The molecule has 0 spiro atoms. The molecule has 10 nitrogen and oxygen atoms in total. The van der Waals surface area contributed by atoms with E-state index in [0.717, 1.165) is 56.9 Å². The second-order valence-electron chi connectivity index (χ2n) is 12.3. The second kappa shape index (κ2) is 21.9. The topological polar surface area (TPSA) is 114 Å². The molecule has 4 aromatic carbocycles. The average molecular weight is 711 g/mol. The van der Waals surface area contributed by atoms with Crippen molar-refractivity contribution in [2.45, 2.75) is 72.1 Å². The van der Waals surface area contributed by atoms with Crippen LogP contribution in [0, 0.1) is 6.92 Å². The van der Waals surface area contributed by atoms with Gasteiger partial charge in [-0.1, -0.05) is 70.1 Å². The van der Waals surface area contributed by atoms with Crippen LogP contribution in [0.1, 0.15) is 91.5 Å². The Kier molecular flexibility index (Phi) is 16.6. The Morgan fingerprint density at radius 3 is 1.73 bits per heavy atom. The van der Waals surface area contributed by atoms with Crippen LogP contribution in [-0.2, 0) is 4.74 Å². The van der Waals surface area contributed by atoms with Gasteiger partial charge in [-0.05, 0) is 92.6 Å². The number of ether oxygens (including phenoxy) is 6. The van der Waals surface area contributed by atoms with E-state index < -0.39 is 11.9 Å². The minimum Gasteiger partial charge on any atom is -0.491 e. The highest BCUT2D eigenvalue weighted by Crippen LogP contribution is 2.46. The molecule has 0 saturated carbocycles. The Morgan fingerprint density at radius 1 is 0.538 bits per heavy atom. The fourth-order valence-electron chi connectivity index (χ4n) is 5.01. The summed E-state index contributed by atoms with van der Waals surface area (Å²) in [4.78, 5) is 25.9. The predicted molar refractivity (Wildman–Crippen MR) is 201 cm³/mol. The molecule has 276 valence electrons. The maximum atomic E-state index is 13.3. The number of nitrogens with zero attached hydrogens (tertiary/aromatic N) is 2. The Labute approximate surface area is 307 Å². The molecule has 0 aromatic heterocycles. The Hall–Kier alpha value is -5.22. The van der Waals surface area contributed by atoms with E-state index >= 15 is 0 Å². The molecule has 0 N–H and O–H groups in total. The average Bonchev–Trinajstić information content (AvgIpc) is 3.16. The summed E-state index contributed by atoms with van der Waals surface area (Å²) in [6.07, 6.45) is 8.07. The lowest BCUT2D eigenvalue weighted by Gasteiger charge is -2.18. The van der Waals surface area contributed by atoms with E-state index in [1.807, 2.05) is 19.1 Å². The standard InChI is InChI=1S/C42H50N2O8/c1-5-7-9-11-27-49-39-37(44-43-34-19-23-36(24-20-34)51-41(45)32-15-13-31(3)14-16-32)25-26-38(40(39)50-28-12-10-8-6-2)52-42(46)33-17-21-35(22-18-33)48-30-29-47-4/h13-26H,5-12,27-30H2,1-4H3. The minimum absolute atomic E-state index is 0.225. The van der Waals surface area contributed by atoms with Crippen molar-refractivity contribution in [2.75, 3.05) is 33.5 Å². The molecule has 0 aliphatic heterocycles. The van der Waals surface area contributed by atoms with Gasteiger partial charge in [-0.2, -0.15) is 5.11 Å². The summed E-state index contributed by atoms with van der Waals surface area (Å²) in [5.41, 5.74) is 2.84. The second-order valence-corrected chi connectivity index (χ2v) is 12.3. The van der Waals surface area contributed by atoms with Crippen LogP contribution >= 0.6 is 0 Å². The number of hydrogen-bond donors (Lipinski definition) is 0. The molecule has 0 radical (unpaired) electrons.